The Bertz CT molecular complexity index is 393. The van der Waals surface area contributed by atoms with E-state index in [1.165, 1.54) is 5.56 Å². The summed E-state index contributed by atoms with van der Waals surface area (Å²) in [5.41, 5.74) is 6.70. The molecule has 0 spiro atoms. The first-order valence-corrected chi connectivity index (χ1v) is 6.42. The molecule has 0 saturated carbocycles. The van der Waals surface area contributed by atoms with Crippen LogP contribution in [0, 0.1) is 0 Å². The smallest absolute Gasteiger partial charge is 0.236 e. The molecule has 1 aromatic rings. The van der Waals surface area contributed by atoms with Gasteiger partial charge in [-0.1, -0.05) is 30.3 Å². The number of likely N-dealkylation sites (tertiary alicyclic amines) is 1. The van der Waals surface area contributed by atoms with Crippen molar-refractivity contribution in [2.24, 2.45) is 5.73 Å². The van der Waals surface area contributed by atoms with Crippen LogP contribution < -0.4 is 5.73 Å². The molecule has 2 rings (SSSR count). The van der Waals surface area contributed by atoms with Gasteiger partial charge < -0.3 is 10.6 Å². The Kier molecular flexibility index (Phi) is 4.33. The molecular weight excluding hydrogens is 226 g/mol. The normalized spacial score (nSPS) is 19.5. The molecule has 1 saturated heterocycles. The Balaban J connectivity index is 1.88. The van der Waals surface area contributed by atoms with Crippen molar-refractivity contribution in [3.8, 4) is 0 Å². The van der Waals surface area contributed by atoms with E-state index < -0.39 is 0 Å². The van der Waals surface area contributed by atoms with E-state index in [1.807, 2.05) is 11.0 Å². The Morgan fingerprint density at radius 2 is 2.17 bits per heavy atom. The minimum atomic E-state index is 0.0608. The number of carbonyl (C=O) groups is 1. The van der Waals surface area contributed by atoms with Crippen molar-refractivity contribution in [1.82, 2.24) is 9.80 Å². The average Bonchev–Trinajstić information content (AvgIpc) is 2.88. The molecule has 1 aromatic carbocycles. The van der Waals surface area contributed by atoms with Gasteiger partial charge in [-0.25, -0.2) is 0 Å². The summed E-state index contributed by atoms with van der Waals surface area (Å²) in [5.74, 6) is 0.0608. The molecule has 1 fully saturated rings. The first-order chi connectivity index (χ1) is 8.70. The predicted octanol–water partition coefficient (Wildman–Crippen LogP) is 0.678. The van der Waals surface area contributed by atoms with Crippen molar-refractivity contribution in [3.63, 3.8) is 0 Å². The number of benzene rings is 1. The summed E-state index contributed by atoms with van der Waals surface area (Å²) in [5, 5.41) is 0. The SMILES string of the molecule is CN(Cc1ccccc1)[C@@H]1CCN(C(=O)CN)C1. The molecule has 0 bridgehead atoms. The molecule has 4 nitrogen and oxygen atoms in total. The second kappa shape index (κ2) is 5.98. The molecule has 2 N–H and O–H groups in total. The highest BCUT2D eigenvalue weighted by Crippen LogP contribution is 2.16. The summed E-state index contributed by atoms with van der Waals surface area (Å²) in [4.78, 5) is 15.7. The fourth-order valence-corrected chi connectivity index (χ4v) is 2.46. The van der Waals surface area contributed by atoms with Crippen molar-refractivity contribution in [3.05, 3.63) is 35.9 Å². The number of likely N-dealkylation sites (N-methyl/N-ethyl adjacent to an activating group) is 1. The Morgan fingerprint density at radius 3 is 2.83 bits per heavy atom. The number of amides is 1. The Morgan fingerprint density at radius 1 is 1.44 bits per heavy atom. The zero-order chi connectivity index (χ0) is 13.0. The van der Waals surface area contributed by atoms with E-state index in [0.29, 0.717) is 6.04 Å². The predicted molar refractivity (Wildman–Crippen MR) is 71.9 cm³/mol. The number of rotatable bonds is 4. The highest BCUT2D eigenvalue weighted by Gasteiger charge is 2.27. The lowest BCUT2D eigenvalue weighted by Crippen LogP contribution is -2.38. The summed E-state index contributed by atoms with van der Waals surface area (Å²) in [6.07, 6.45) is 1.04. The summed E-state index contributed by atoms with van der Waals surface area (Å²) in [6, 6.07) is 10.9. The van der Waals surface area contributed by atoms with Crippen LogP contribution in [0.25, 0.3) is 0 Å². The van der Waals surface area contributed by atoms with Crippen LogP contribution in [0.4, 0.5) is 0 Å². The number of hydrogen-bond donors (Lipinski definition) is 1. The molecule has 4 heteroatoms. The number of nitrogens with zero attached hydrogens (tertiary/aromatic N) is 2. The van der Waals surface area contributed by atoms with Gasteiger partial charge in [-0.15, -0.1) is 0 Å². The molecule has 1 atom stereocenters. The van der Waals surface area contributed by atoms with Crippen LogP contribution in [-0.2, 0) is 11.3 Å². The first-order valence-electron chi connectivity index (χ1n) is 6.42. The Hall–Kier alpha value is -1.39. The van der Waals surface area contributed by atoms with Crippen LogP contribution in [0.2, 0.25) is 0 Å². The van der Waals surface area contributed by atoms with Crippen molar-refractivity contribution in [2.45, 2.75) is 19.0 Å². The van der Waals surface area contributed by atoms with Gasteiger partial charge in [-0.3, -0.25) is 9.69 Å². The van der Waals surface area contributed by atoms with E-state index in [1.54, 1.807) is 0 Å². The van der Waals surface area contributed by atoms with Crippen molar-refractivity contribution in [1.29, 1.82) is 0 Å². The second-order valence-electron chi connectivity index (χ2n) is 4.89. The largest absolute Gasteiger partial charge is 0.340 e. The van der Waals surface area contributed by atoms with E-state index in [9.17, 15) is 4.79 Å². The topological polar surface area (TPSA) is 49.6 Å². The zero-order valence-electron chi connectivity index (χ0n) is 10.9. The molecule has 0 unspecified atom stereocenters. The van der Waals surface area contributed by atoms with E-state index in [0.717, 1.165) is 26.1 Å². The van der Waals surface area contributed by atoms with Gasteiger partial charge in [0.1, 0.15) is 0 Å². The quantitative estimate of drug-likeness (QED) is 0.851. The maximum Gasteiger partial charge on any atom is 0.236 e. The molecule has 98 valence electrons. The molecular formula is C14H21N3O. The highest BCUT2D eigenvalue weighted by molar-refractivity contribution is 5.78. The number of nitrogens with two attached hydrogens (primary N) is 1. The number of hydrogen-bond acceptors (Lipinski definition) is 3. The average molecular weight is 247 g/mol. The lowest BCUT2D eigenvalue weighted by atomic mass is 10.1. The lowest BCUT2D eigenvalue weighted by molar-refractivity contribution is -0.128. The van der Waals surface area contributed by atoms with Crippen LogP contribution >= 0.6 is 0 Å². The lowest BCUT2D eigenvalue weighted by Gasteiger charge is -2.24. The van der Waals surface area contributed by atoms with Crippen LogP contribution in [0.3, 0.4) is 0 Å². The van der Waals surface area contributed by atoms with Crippen LogP contribution in [0.1, 0.15) is 12.0 Å². The van der Waals surface area contributed by atoms with E-state index >= 15 is 0 Å². The third kappa shape index (κ3) is 3.09. The molecule has 1 amide bonds. The first kappa shape index (κ1) is 13.1. The van der Waals surface area contributed by atoms with E-state index in [-0.39, 0.29) is 12.5 Å². The third-order valence-corrected chi connectivity index (χ3v) is 3.59. The minimum absolute atomic E-state index is 0.0608. The molecule has 0 radical (unpaired) electrons. The van der Waals surface area contributed by atoms with E-state index in [2.05, 4.69) is 36.2 Å². The summed E-state index contributed by atoms with van der Waals surface area (Å²) in [6.45, 7) is 2.68. The van der Waals surface area contributed by atoms with Gasteiger partial charge in [0.25, 0.3) is 0 Å². The fourth-order valence-electron chi connectivity index (χ4n) is 2.46. The minimum Gasteiger partial charge on any atom is -0.340 e. The van der Waals surface area contributed by atoms with Gasteiger partial charge in [-0.05, 0) is 19.0 Å². The molecule has 1 aliphatic rings. The van der Waals surface area contributed by atoms with Crippen LogP contribution in [0.5, 0.6) is 0 Å². The van der Waals surface area contributed by atoms with Crippen molar-refractivity contribution in [2.75, 3.05) is 26.7 Å². The highest BCUT2D eigenvalue weighted by atomic mass is 16.2. The molecule has 1 heterocycles. The van der Waals surface area contributed by atoms with Gasteiger partial charge in [0.05, 0.1) is 6.54 Å². The van der Waals surface area contributed by atoms with Gasteiger partial charge in [-0.2, -0.15) is 0 Å². The monoisotopic (exact) mass is 247 g/mol. The summed E-state index contributed by atoms with van der Waals surface area (Å²) >= 11 is 0. The maximum atomic E-state index is 11.5. The van der Waals surface area contributed by atoms with E-state index in [4.69, 9.17) is 5.73 Å². The zero-order valence-corrected chi connectivity index (χ0v) is 10.9. The summed E-state index contributed by atoms with van der Waals surface area (Å²) in [7, 11) is 2.12. The molecule has 1 aliphatic heterocycles. The van der Waals surface area contributed by atoms with Gasteiger partial charge >= 0.3 is 0 Å². The fraction of sp³-hybridized carbons (Fsp3) is 0.500. The van der Waals surface area contributed by atoms with Crippen LogP contribution in [0.15, 0.2) is 30.3 Å². The van der Waals surface area contributed by atoms with Gasteiger partial charge in [0, 0.05) is 25.7 Å². The number of carbonyl (C=O) groups excluding carboxylic acids is 1. The van der Waals surface area contributed by atoms with Crippen LogP contribution in [-0.4, -0.2) is 48.4 Å². The molecule has 18 heavy (non-hydrogen) atoms. The molecule has 0 aliphatic carbocycles. The van der Waals surface area contributed by atoms with Crippen molar-refractivity contribution >= 4 is 5.91 Å². The summed E-state index contributed by atoms with van der Waals surface area (Å²) < 4.78 is 0. The van der Waals surface area contributed by atoms with Gasteiger partial charge in [0.15, 0.2) is 0 Å². The van der Waals surface area contributed by atoms with Gasteiger partial charge in [0.2, 0.25) is 5.91 Å². The molecule has 0 aromatic heterocycles. The standard InChI is InChI=1S/C14H21N3O/c1-16(10-12-5-3-2-4-6-12)13-7-8-17(11-13)14(18)9-15/h2-6,13H,7-11,15H2,1H3/t13-/m1/s1. The maximum absolute atomic E-state index is 11.5. The van der Waals surface area contributed by atoms with Crippen molar-refractivity contribution < 1.29 is 4.79 Å². The second-order valence-corrected chi connectivity index (χ2v) is 4.89. The Labute approximate surface area is 108 Å². The third-order valence-electron chi connectivity index (χ3n) is 3.59.